The van der Waals surface area contributed by atoms with E-state index in [1.165, 1.54) is 22.4 Å². The van der Waals surface area contributed by atoms with Crippen LogP contribution < -0.4 is 4.90 Å². The molecule has 2 aromatic rings. The molecule has 0 aromatic carbocycles. The summed E-state index contributed by atoms with van der Waals surface area (Å²) in [6, 6.07) is 5.15. The van der Waals surface area contributed by atoms with Crippen LogP contribution in [0.2, 0.25) is 0 Å². The van der Waals surface area contributed by atoms with E-state index in [1.807, 2.05) is 10.8 Å². The number of thiophene rings is 1. The molecule has 5 heteroatoms. The molecule has 0 unspecified atom stereocenters. The first-order chi connectivity index (χ1) is 7.83. The molecule has 0 spiro atoms. The minimum atomic E-state index is -0.343. The molecule has 1 N–H and O–H groups in total. The van der Waals surface area contributed by atoms with E-state index in [2.05, 4.69) is 4.98 Å². The standard InChI is InChI=1S/C11H10N2O2S/c14-8-13(10-3-5-16-7-10)11(15)9-2-1-4-12-6-9/h1-7,14H,8H2. The summed E-state index contributed by atoms with van der Waals surface area (Å²) in [6.45, 7) is -0.343. The second kappa shape index (κ2) is 4.87. The van der Waals surface area contributed by atoms with Gasteiger partial charge in [-0.15, -0.1) is 0 Å². The molecule has 0 radical (unpaired) electrons. The second-order valence-electron chi connectivity index (χ2n) is 3.10. The van der Waals surface area contributed by atoms with Gasteiger partial charge in [-0.1, -0.05) is 0 Å². The monoisotopic (exact) mass is 234 g/mol. The second-order valence-corrected chi connectivity index (χ2v) is 3.88. The molecular formula is C11H10N2O2S. The number of aromatic nitrogens is 1. The highest BCUT2D eigenvalue weighted by Crippen LogP contribution is 2.19. The molecule has 2 heterocycles. The Morgan fingerprint density at radius 3 is 2.94 bits per heavy atom. The predicted molar refractivity (Wildman–Crippen MR) is 62.5 cm³/mol. The van der Waals surface area contributed by atoms with Crippen LogP contribution in [0.25, 0.3) is 0 Å². The van der Waals surface area contributed by atoms with Gasteiger partial charge in [0.1, 0.15) is 6.73 Å². The van der Waals surface area contributed by atoms with E-state index in [4.69, 9.17) is 0 Å². The molecule has 0 aliphatic rings. The minimum absolute atomic E-state index is 0.256. The third kappa shape index (κ3) is 2.10. The van der Waals surface area contributed by atoms with E-state index in [9.17, 15) is 9.90 Å². The number of carbonyl (C=O) groups is 1. The van der Waals surface area contributed by atoms with Gasteiger partial charge >= 0.3 is 0 Å². The summed E-state index contributed by atoms with van der Waals surface area (Å²) < 4.78 is 0. The number of hydrogen-bond donors (Lipinski definition) is 1. The topological polar surface area (TPSA) is 53.4 Å². The van der Waals surface area contributed by atoms with Crippen LogP contribution in [0.3, 0.4) is 0 Å². The van der Waals surface area contributed by atoms with Crippen LogP contribution in [0, 0.1) is 0 Å². The Labute approximate surface area is 96.8 Å². The molecule has 82 valence electrons. The summed E-state index contributed by atoms with van der Waals surface area (Å²) >= 11 is 1.48. The average molecular weight is 234 g/mol. The maximum Gasteiger partial charge on any atom is 0.261 e. The molecule has 0 bridgehead atoms. The fraction of sp³-hybridized carbons (Fsp3) is 0.0909. The number of anilines is 1. The molecule has 0 atom stereocenters. The van der Waals surface area contributed by atoms with Crippen molar-refractivity contribution in [3.05, 3.63) is 46.9 Å². The van der Waals surface area contributed by atoms with Gasteiger partial charge in [0.15, 0.2) is 0 Å². The van der Waals surface area contributed by atoms with Gasteiger partial charge in [0.05, 0.1) is 11.3 Å². The number of rotatable bonds is 3. The molecule has 2 aromatic heterocycles. The highest BCUT2D eigenvalue weighted by atomic mass is 32.1. The van der Waals surface area contributed by atoms with Crippen molar-refractivity contribution in [3.8, 4) is 0 Å². The van der Waals surface area contributed by atoms with Crippen LogP contribution in [-0.4, -0.2) is 22.7 Å². The molecule has 2 rings (SSSR count). The van der Waals surface area contributed by atoms with E-state index >= 15 is 0 Å². The zero-order valence-corrected chi connectivity index (χ0v) is 9.22. The lowest BCUT2D eigenvalue weighted by Crippen LogP contribution is -2.31. The Balaban J connectivity index is 2.27. The lowest BCUT2D eigenvalue weighted by Gasteiger charge is -2.18. The maximum atomic E-state index is 12.0. The smallest absolute Gasteiger partial charge is 0.261 e. The van der Waals surface area contributed by atoms with Crippen molar-refractivity contribution in [2.45, 2.75) is 0 Å². The summed E-state index contributed by atoms with van der Waals surface area (Å²) in [5.74, 6) is -0.256. The summed E-state index contributed by atoms with van der Waals surface area (Å²) in [7, 11) is 0. The third-order valence-corrected chi connectivity index (χ3v) is 2.78. The molecule has 4 nitrogen and oxygen atoms in total. The number of amides is 1. The van der Waals surface area contributed by atoms with E-state index in [0.717, 1.165) is 0 Å². The van der Waals surface area contributed by atoms with Gasteiger partial charge in [-0.25, -0.2) is 0 Å². The fourth-order valence-corrected chi connectivity index (χ4v) is 1.96. The minimum Gasteiger partial charge on any atom is -0.376 e. The lowest BCUT2D eigenvalue weighted by molar-refractivity contribution is 0.0959. The molecule has 0 saturated carbocycles. The van der Waals surface area contributed by atoms with Crippen LogP contribution in [0.4, 0.5) is 5.69 Å². The van der Waals surface area contributed by atoms with Crippen LogP contribution in [0.1, 0.15) is 10.4 Å². The predicted octanol–water partition coefficient (Wildman–Crippen LogP) is 1.74. The van der Waals surface area contributed by atoms with Gasteiger partial charge in [-0.3, -0.25) is 14.7 Å². The molecule has 1 amide bonds. The number of aliphatic hydroxyl groups excluding tert-OH is 1. The molecule has 16 heavy (non-hydrogen) atoms. The average Bonchev–Trinajstić information content (AvgIpc) is 2.85. The van der Waals surface area contributed by atoms with E-state index in [0.29, 0.717) is 11.3 Å². The Kier molecular flexibility index (Phi) is 3.28. The Morgan fingerprint density at radius 2 is 2.38 bits per heavy atom. The summed E-state index contributed by atoms with van der Waals surface area (Å²) in [4.78, 5) is 17.2. The van der Waals surface area contributed by atoms with Gasteiger partial charge in [0.25, 0.3) is 5.91 Å². The van der Waals surface area contributed by atoms with Crippen molar-refractivity contribution in [1.82, 2.24) is 4.98 Å². The van der Waals surface area contributed by atoms with E-state index in [-0.39, 0.29) is 12.6 Å². The first-order valence-corrected chi connectivity index (χ1v) is 5.62. The highest BCUT2D eigenvalue weighted by Gasteiger charge is 2.16. The third-order valence-electron chi connectivity index (χ3n) is 2.11. The number of hydrogen-bond acceptors (Lipinski definition) is 4. The Morgan fingerprint density at radius 1 is 1.50 bits per heavy atom. The highest BCUT2D eigenvalue weighted by molar-refractivity contribution is 7.08. The first kappa shape index (κ1) is 10.8. The zero-order valence-electron chi connectivity index (χ0n) is 8.41. The largest absolute Gasteiger partial charge is 0.376 e. The van der Waals surface area contributed by atoms with Crippen molar-refractivity contribution < 1.29 is 9.90 Å². The van der Waals surface area contributed by atoms with Crippen molar-refractivity contribution in [3.63, 3.8) is 0 Å². The molecule has 0 aliphatic carbocycles. The number of carbonyl (C=O) groups excluding carboxylic acids is 1. The van der Waals surface area contributed by atoms with Gasteiger partial charge in [0, 0.05) is 17.8 Å². The van der Waals surface area contributed by atoms with E-state index in [1.54, 1.807) is 24.4 Å². The fourth-order valence-electron chi connectivity index (χ4n) is 1.32. The van der Waals surface area contributed by atoms with Crippen molar-refractivity contribution in [2.75, 3.05) is 11.6 Å². The van der Waals surface area contributed by atoms with Crippen LogP contribution in [-0.2, 0) is 0 Å². The molecule has 0 saturated heterocycles. The van der Waals surface area contributed by atoms with Crippen LogP contribution in [0.5, 0.6) is 0 Å². The Bertz CT molecular complexity index is 456. The van der Waals surface area contributed by atoms with Gasteiger partial charge in [0.2, 0.25) is 0 Å². The van der Waals surface area contributed by atoms with Crippen LogP contribution >= 0.6 is 11.3 Å². The van der Waals surface area contributed by atoms with E-state index < -0.39 is 0 Å². The molecule has 0 fully saturated rings. The van der Waals surface area contributed by atoms with Crippen molar-refractivity contribution >= 4 is 22.9 Å². The summed E-state index contributed by atoms with van der Waals surface area (Å²) in [5.41, 5.74) is 1.16. The number of nitrogens with zero attached hydrogens (tertiary/aromatic N) is 2. The quantitative estimate of drug-likeness (QED) is 0.823. The zero-order chi connectivity index (χ0) is 11.4. The first-order valence-electron chi connectivity index (χ1n) is 4.68. The Hall–Kier alpha value is -1.72. The maximum absolute atomic E-state index is 12.0. The van der Waals surface area contributed by atoms with Gasteiger partial charge in [-0.2, -0.15) is 11.3 Å². The number of aliphatic hydroxyl groups is 1. The molecule has 0 aliphatic heterocycles. The normalized spacial score (nSPS) is 10.1. The van der Waals surface area contributed by atoms with Crippen LogP contribution in [0.15, 0.2) is 41.4 Å². The SMILES string of the molecule is O=C(c1cccnc1)N(CO)c1ccsc1. The summed E-state index contributed by atoms with van der Waals surface area (Å²) in [5, 5.41) is 12.9. The van der Waals surface area contributed by atoms with Gasteiger partial charge < -0.3 is 5.11 Å². The van der Waals surface area contributed by atoms with Crippen molar-refractivity contribution in [1.29, 1.82) is 0 Å². The number of pyridine rings is 1. The summed E-state index contributed by atoms with van der Waals surface area (Å²) in [6.07, 6.45) is 3.09. The van der Waals surface area contributed by atoms with Crippen molar-refractivity contribution in [2.24, 2.45) is 0 Å². The lowest BCUT2D eigenvalue weighted by atomic mass is 10.2. The van der Waals surface area contributed by atoms with Gasteiger partial charge in [-0.05, 0) is 23.6 Å². The molecular weight excluding hydrogens is 224 g/mol.